The van der Waals surface area contributed by atoms with E-state index in [0.717, 1.165) is 0 Å². The van der Waals surface area contributed by atoms with Gasteiger partial charge in [-0.25, -0.2) is 10.6 Å². The molecule has 0 spiro atoms. The summed E-state index contributed by atoms with van der Waals surface area (Å²) in [6, 6.07) is 6.26. The minimum atomic E-state index is -0.985. The molecule has 0 saturated carbocycles. The first kappa shape index (κ1) is 9.63. The van der Waals surface area contributed by atoms with Gasteiger partial charge >= 0.3 is 5.97 Å². The summed E-state index contributed by atoms with van der Waals surface area (Å²) in [6.07, 6.45) is 0. The summed E-state index contributed by atoms with van der Waals surface area (Å²) in [5.74, 6) is 4.11. The number of benzene rings is 1. The van der Waals surface area contributed by atoms with E-state index >= 15 is 0 Å². The maximum absolute atomic E-state index is 10.6. The predicted molar refractivity (Wildman–Crippen MR) is 52.4 cm³/mol. The van der Waals surface area contributed by atoms with Crippen molar-refractivity contribution in [3.05, 3.63) is 35.4 Å². The van der Waals surface area contributed by atoms with Gasteiger partial charge in [0.05, 0.1) is 5.56 Å². The van der Waals surface area contributed by atoms with Gasteiger partial charge in [-0.3, -0.25) is 0 Å². The Morgan fingerprint density at radius 3 is 2.62 bits per heavy atom. The largest absolute Gasteiger partial charge is 0.478 e. The van der Waals surface area contributed by atoms with E-state index in [1.165, 1.54) is 12.1 Å². The fraction of sp³-hybridized carbons (Fsp3) is 0. The average Bonchev–Trinajstić information content (AvgIpc) is 2.17. The van der Waals surface area contributed by atoms with Gasteiger partial charge in [-0.05, 0) is 12.1 Å². The number of nitrogens with one attached hydrogen (secondary N) is 1. The molecule has 5 heteroatoms. The smallest absolute Gasteiger partial charge is 0.335 e. The molecule has 1 aromatic carbocycles. The molecule has 0 unspecified atom stereocenters. The molecule has 0 aliphatic carbocycles. The molecule has 0 aliphatic rings. The summed E-state index contributed by atoms with van der Waals surface area (Å²) in [4.78, 5) is 10.9. The minimum Gasteiger partial charge on any atom is -0.478 e. The van der Waals surface area contributed by atoms with Gasteiger partial charge in [-0.1, -0.05) is 24.4 Å². The third-order valence-corrected chi connectivity index (χ3v) is 1.86. The van der Waals surface area contributed by atoms with E-state index in [-0.39, 0.29) is 5.56 Å². The van der Waals surface area contributed by atoms with E-state index in [1.54, 1.807) is 12.1 Å². The van der Waals surface area contributed by atoms with Crippen molar-refractivity contribution in [3.63, 3.8) is 0 Å². The van der Waals surface area contributed by atoms with Crippen LogP contribution in [-0.4, -0.2) is 16.1 Å². The van der Waals surface area contributed by atoms with Gasteiger partial charge in [0.1, 0.15) is 4.99 Å². The molecular formula is C8H8N2O2S. The highest BCUT2D eigenvalue weighted by molar-refractivity contribution is 7.80. The molecule has 1 aromatic rings. The van der Waals surface area contributed by atoms with Crippen molar-refractivity contribution >= 4 is 23.2 Å². The van der Waals surface area contributed by atoms with Crippen LogP contribution in [0.5, 0.6) is 0 Å². The Bertz CT molecular complexity index is 352. The lowest BCUT2D eigenvalue weighted by atomic mass is 10.1. The summed E-state index contributed by atoms with van der Waals surface area (Å²) in [5.41, 5.74) is 3.07. The third kappa shape index (κ3) is 2.24. The molecule has 0 saturated heterocycles. The second kappa shape index (κ2) is 3.97. The highest BCUT2D eigenvalue weighted by Crippen LogP contribution is 2.05. The predicted octanol–water partition coefficient (Wildman–Crippen LogP) is 0.524. The topological polar surface area (TPSA) is 75.3 Å². The average molecular weight is 196 g/mol. The number of carboxylic acid groups (broad SMARTS) is 1. The minimum absolute atomic E-state index is 0.190. The van der Waals surface area contributed by atoms with Crippen LogP contribution in [0.15, 0.2) is 24.3 Å². The van der Waals surface area contributed by atoms with Gasteiger partial charge < -0.3 is 10.5 Å². The van der Waals surface area contributed by atoms with Crippen molar-refractivity contribution in [1.29, 1.82) is 0 Å². The third-order valence-electron chi connectivity index (χ3n) is 1.50. The Labute approximate surface area is 80.3 Å². The number of carbonyl (C=O) groups is 1. The van der Waals surface area contributed by atoms with Crippen LogP contribution >= 0.6 is 12.2 Å². The summed E-state index contributed by atoms with van der Waals surface area (Å²) in [5, 5.41) is 8.67. The van der Waals surface area contributed by atoms with Gasteiger partial charge in [0, 0.05) is 5.56 Å². The fourth-order valence-electron chi connectivity index (χ4n) is 0.877. The normalized spacial score (nSPS) is 9.31. The standard InChI is InChI=1S/C8H8N2O2S/c9-10-7(13)5-2-1-3-6(4-5)8(11)12/h1-4H,9H2,(H,10,13)(H,11,12). The van der Waals surface area contributed by atoms with Crippen LogP contribution in [0.2, 0.25) is 0 Å². The highest BCUT2D eigenvalue weighted by Gasteiger charge is 2.04. The van der Waals surface area contributed by atoms with Crippen molar-refractivity contribution in [2.75, 3.05) is 0 Å². The molecular weight excluding hydrogens is 188 g/mol. The first-order valence-corrected chi connectivity index (χ1v) is 3.90. The van der Waals surface area contributed by atoms with E-state index in [4.69, 9.17) is 23.2 Å². The molecule has 0 bridgehead atoms. The first-order chi connectivity index (χ1) is 6.15. The molecule has 0 radical (unpaired) electrons. The molecule has 0 atom stereocenters. The Morgan fingerprint density at radius 1 is 1.46 bits per heavy atom. The number of thiocarbonyl (C=S) groups is 1. The van der Waals surface area contributed by atoms with E-state index in [0.29, 0.717) is 10.6 Å². The van der Waals surface area contributed by atoms with Gasteiger partial charge in [0.25, 0.3) is 0 Å². The van der Waals surface area contributed by atoms with Gasteiger partial charge in [-0.15, -0.1) is 0 Å². The molecule has 0 fully saturated rings. The molecule has 4 N–H and O–H groups in total. The lowest BCUT2D eigenvalue weighted by molar-refractivity contribution is 0.0697. The lowest BCUT2D eigenvalue weighted by Crippen LogP contribution is -2.29. The number of hydrogen-bond acceptors (Lipinski definition) is 3. The van der Waals surface area contributed by atoms with Crippen LogP contribution in [0, 0.1) is 0 Å². The van der Waals surface area contributed by atoms with Crippen molar-refractivity contribution in [2.24, 2.45) is 5.84 Å². The fourth-order valence-corrected chi connectivity index (χ4v) is 1.00. The second-order valence-electron chi connectivity index (χ2n) is 2.36. The van der Waals surface area contributed by atoms with Crippen molar-refractivity contribution < 1.29 is 9.90 Å². The quantitative estimate of drug-likeness (QED) is 0.365. The van der Waals surface area contributed by atoms with Crippen LogP contribution in [0.4, 0.5) is 0 Å². The van der Waals surface area contributed by atoms with E-state index in [9.17, 15) is 4.79 Å². The Hall–Kier alpha value is -1.46. The Balaban J connectivity index is 3.05. The van der Waals surface area contributed by atoms with E-state index in [2.05, 4.69) is 5.43 Å². The molecule has 4 nitrogen and oxygen atoms in total. The summed E-state index contributed by atoms with van der Waals surface area (Å²) >= 11 is 4.84. The van der Waals surface area contributed by atoms with Crippen LogP contribution < -0.4 is 11.3 Å². The number of aromatic carboxylic acids is 1. The van der Waals surface area contributed by atoms with Crippen LogP contribution in [0.3, 0.4) is 0 Å². The number of carboxylic acids is 1. The SMILES string of the molecule is NNC(=S)c1cccc(C(=O)O)c1. The van der Waals surface area contributed by atoms with Crippen molar-refractivity contribution in [2.45, 2.75) is 0 Å². The number of hydrazine groups is 1. The maximum atomic E-state index is 10.6. The first-order valence-electron chi connectivity index (χ1n) is 3.49. The summed E-state index contributed by atoms with van der Waals surface area (Å²) < 4.78 is 0. The Morgan fingerprint density at radius 2 is 2.08 bits per heavy atom. The molecule has 13 heavy (non-hydrogen) atoms. The van der Waals surface area contributed by atoms with Crippen LogP contribution in [-0.2, 0) is 0 Å². The monoisotopic (exact) mass is 196 g/mol. The summed E-state index contributed by atoms with van der Waals surface area (Å²) in [6.45, 7) is 0. The van der Waals surface area contributed by atoms with Gasteiger partial charge in [-0.2, -0.15) is 0 Å². The van der Waals surface area contributed by atoms with E-state index in [1.807, 2.05) is 0 Å². The second-order valence-corrected chi connectivity index (χ2v) is 2.77. The molecule has 68 valence electrons. The zero-order chi connectivity index (χ0) is 9.84. The molecule has 0 amide bonds. The number of rotatable bonds is 2. The lowest BCUT2D eigenvalue weighted by Gasteiger charge is -2.02. The molecule has 0 heterocycles. The zero-order valence-corrected chi connectivity index (χ0v) is 7.47. The van der Waals surface area contributed by atoms with Crippen molar-refractivity contribution in [1.82, 2.24) is 5.43 Å². The molecule has 0 aromatic heterocycles. The van der Waals surface area contributed by atoms with Gasteiger partial charge in [0.2, 0.25) is 0 Å². The van der Waals surface area contributed by atoms with Crippen molar-refractivity contribution in [3.8, 4) is 0 Å². The van der Waals surface area contributed by atoms with Crippen LogP contribution in [0.25, 0.3) is 0 Å². The van der Waals surface area contributed by atoms with Gasteiger partial charge in [0.15, 0.2) is 0 Å². The zero-order valence-electron chi connectivity index (χ0n) is 6.65. The van der Waals surface area contributed by atoms with Crippen LogP contribution in [0.1, 0.15) is 15.9 Å². The highest BCUT2D eigenvalue weighted by atomic mass is 32.1. The maximum Gasteiger partial charge on any atom is 0.335 e. The number of hydrogen-bond donors (Lipinski definition) is 3. The molecule has 1 rings (SSSR count). The number of nitrogens with two attached hydrogens (primary N) is 1. The van der Waals surface area contributed by atoms with E-state index < -0.39 is 5.97 Å². The Kier molecular flexibility index (Phi) is 2.94. The molecule has 0 aliphatic heterocycles. The summed E-state index contributed by atoms with van der Waals surface area (Å²) in [7, 11) is 0.